The Morgan fingerprint density at radius 3 is 2.80 bits per heavy atom. The van der Waals surface area contributed by atoms with E-state index in [0.717, 1.165) is 18.8 Å². The molecule has 2 rings (SSSR count). The Kier molecular flexibility index (Phi) is 4.99. The minimum atomic E-state index is -2.90. The molecular formula is C14H22N2O3S. The van der Waals surface area contributed by atoms with E-state index in [-0.39, 0.29) is 17.6 Å². The van der Waals surface area contributed by atoms with Gasteiger partial charge in [-0.15, -0.1) is 0 Å². The standard InChI is InChI=1S/C14H22N2O3S/c1-11(2)7-15-8-12-3-4-13(9-16-12)19-14-5-6-20(17,18)10-14/h3-4,9,11,14-15H,5-8,10H2,1-2H3. The molecule has 1 atom stereocenters. The van der Waals surface area contributed by atoms with E-state index >= 15 is 0 Å². The molecule has 1 aromatic heterocycles. The van der Waals surface area contributed by atoms with Gasteiger partial charge in [-0.05, 0) is 31.0 Å². The topological polar surface area (TPSA) is 68.3 Å². The Morgan fingerprint density at radius 1 is 1.45 bits per heavy atom. The molecule has 1 unspecified atom stereocenters. The van der Waals surface area contributed by atoms with Crippen LogP contribution < -0.4 is 10.1 Å². The monoisotopic (exact) mass is 298 g/mol. The van der Waals surface area contributed by atoms with E-state index in [1.54, 1.807) is 6.20 Å². The largest absolute Gasteiger partial charge is 0.488 e. The zero-order chi connectivity index (χ0) is 14.6. The SMILES string of the molecule is CC(C)CNCc1ccc(OC2CCS(=O)(=O)C2)cn1. The van der Waals surface area contributed by atoms with Crippen molar-refractivity contribution in [2.24, 2.45) is 5.92 Å². The fraction of sp³-hybridized carbons (Fsp3) is 0.643. The summed E-state index contributed by atoms with van der Waals surface area (Å²) >= 11 is 0. The Bertz CT molecular complexity index is 526. The second-order valence-electron chi connectivity index (χ2n) is 5.65. The van der Waals surface area contributed by atoms with Gasteiger partial charge in [-0.1, -0.05) is 13.8 Å². The van der Waals surface area contributed by atoms with Crippen LogP contribution in [0.25, 0.3) is 0 Å². The summed E-state index contributed by atoms with van der Waals surface area (Å²) in [5.41, 5.74) is 0.956. The third-order valence-electron chi connectivity index (χ3n) is 3.15. The lowest BCUT2D eigenvalue weighted by atomic mass is 10.2. The number of sulfone groups is 1. The van der Waals surface area contributed by atoms with Crippen LogP contribution in [-0.4, -0.2) is 37.6 Å². The van der Waals surface area contributed by atoms with E-state index in [2.05, 4.69) is 24.1 Å². The maximum Gasteiger partial charge on any atom is 0.154 e. The van der Waals surface area contributed by atoms with E-state index in [1.165, 1.54) is 0 Å². The minimum absolute atomic E-state index is 0.116. The smallest absolute Gasteiger partial charge is 0.154 e. The van der Waals surface area contributed by atoms with E-state index < -0.39 is 9.84 Å². The molecule has 1 fully saturated rings. The Labute approximate surface area is 120 Å². The number of rotatable bonds is 6. The zero-order valence-corrected chi connectivity index (χ0v) is 12.8. The van der Waals surface area contributed by atoms with E-state index in [9.17, 15) is 8.42 Å². The molecular weight excluding hydrogens is 276 g/mol. The van der Waals surface area contributed by atoms with Crippen molar-refractivity contribution in [1.29, 1.82) is 0 Å². The minimum Gasteiger partial charge on any atom is -0.488 e. The highest BCUT2D eigenvalue weighted by atomic mass is 32.2. The predicted octanol–water partition coefficient (Wildman–Crippen LogP) is 1.39. The predicted molar refractivity (Wildman–Crippen MR) is 78.5 cm³/mol. The van der Waals surface area contributed by atoms with Crippen molar-refractivity contribution in [3.05, 3.63) is 24.0 Å². The number of nitrogens with zero attached hydrogens (tertiary/aromatic N) is 1. The van der Waals surface area contributed by atoms with Crippen LogP contribution in [0.2, 0.25) is 0 Å². The molecule has 1 aliphatic rings. The number of nitrogens with one attached hydrogen (secondary N) is 1. The number of aromatic nitrogens is 1. The van der Waals surface area contributed by atoms with Gasteiger partial charge >= 0.3 is 0 Å². The molecule has 0 radical (unpaired) electrons. The van der Waals surface area contributed by atoms with Crippen molar-refractivity contribution in [1.82, 2.24) is 10.3 Å². The lowest BCUT2D eigenvalue weighted by Gasteiger charge is -2.12. The van der Waals surface area contributed by atoms with Crippen molar-refractivity contribution in [2.45, 2.75) is 32.9 Å². The molecule has 2 heterocycles. The number of hydrogen-bond donors (Lipinski definition) is 1. The molecule has 0 bridgehead atoms. The molecule has 5 nitrogen and oxygen atoms in total. The van der Waals surface area contributed by atoms with Gasteiger partial charge in [0.05, 0.1) is 23.4 Å². The summed E-state index contributed by atoms with van der Waals surface area (Å²) in [7, 11) is -2.90. The highest BCUT2D eigenvalue weighted by Crippen LogP contribution is 2.19. The first kappa shape index (κ1) is 15.3. The normalized spacial score (nSPS) is 21.2. The molecule has 6 heteroatoms. The fourth-order valence-corrected chi connectivity index (χ4v) is 3.71. The molecule has 1 saturated heterocycles. The maximum atomic E-state index is 11.4. The van der Waals surface area contributed by atoms with Gasteiger partial charge in [-0.2, -0.15) is 0 Å². The third kappa shape index (κ3) is 4.76. The first-order valence-corrected chi connectivity index (χ1v) is 8.79. The number of pyridine rings is 1. The van der Waals surface area contributed by atoms with Crippen molar-refractivity contribution in [3.8, 4) is 5.75 Å². The Morgan fingerprint density at radius 2 is 2.25 bits per heavy atom. The second kappa shape index (κ2) is 6.54. The molecule has 1 aromatic rings. The average Bonchev–Trinajstić information content (AvgIpc) is 2.70. The summed E-state index contributed by atoms with van der Waals surface area (Å²) in [6.45, 7) is 6.01. The van der Waals surface area contributed by atoms with Crippen LogP contribution in [0.4, 0.5) is 0 Å². The first-order chi connectivity index (χ1) is 9.44. The zero-order valence-electron chi connectivity index (χ0n) is 12.0. The Hall–Kier alpha value is -1.14. The van der Waals surface area contributed by atoms with Gasteiger partial charge in [-0.3, -0.25) is 4.98 Å². The van der Waals surface area contributed by atoms with E-state index in [1.807, 2.05) is 12.1 Å². The first-order valence-electron chi connectivity index (χ1n) is 6.97. The van der Waals surface area contributed by atoms with Crippen LogP contribution in [0.15, 0.2) is 18.3 Å². The van der Waals surface area contributed by atoms with E-state index in [0.29, 0.717) is 18.1 Å². The van der Waals surface area contributed by atoms with Crippen molar-refractivity contribution in [3.63, 3.8) is 0 Å². The third-order valence-corrected chi connectivity index (χ3v) is 4.89. The van der Waals surface area contributed by atoms with Gasteiger partial charge in [0.2, 0.25) is 0 Å². The van der Waals surface area contributed by atoms with E-state index in [4.69, 9.17) is 4.74 Å². The van der Waals surface area contributed by atoms with Gasteiger partial charge in [0.15, 0.2) is 9.84 Å². The highest BCUT2D eigenvalue weighted by molar-refractivity contribution is 7.91. The van der Waals surface area contributed by atoms with Crippen LogP contribution in [0.3, 0.4) is 0 Å². The second-order valence-corrected chi connectivity index (χ2v) is 7.88. The number of ether oxygens (including phenoxy) is 1. The van der Waals surface area contributed by atoms with Crippen molar-refractivity contribution < 1.29 is 13.2 Å². The molecule has 0 spiro atoms. The summed E-state index contributed by atoms with van der Waals surface area (Å²) in [6.07, 6.45) is 2.00. The summed E-state index contributed by atoms with van der Waals surface area (Å²) in [5, 5.41) is 3.32. The van der Waals surface area contributed by atoms with Crippen LogP contribution in [0.1, 0.15) is 26.0 Å². The highest BCUT2D eigenvalue weighted by Gasteiger charge is 2.29. The van der Waals surface area contributed by atoms with Gasteiger partial charge in [0, 0.05) is 6.54 Å². The molecule has 0 saturated carbocycles. The lowest BCUT2D eigenvalue weighted by molar-refractivity contribution is 0.228. The molecule has 0 aromatic carbocycles. The summed E-state index contributed by atoms with van der Waals surface area (Å²) in [5.74, 6) is 1.59. The Balaban J connectivity index is 1.82. The molecule has 1 aliphatic heterocycles. The molecule has 0 amide bonds. The van der Waals surface area contributed by atoms with Gasteiger partial charge in [0.25, 0.3) is 0 Å². The van der Waals surface area contributed by atoms with Crippen LogP contribution in [0.5, 0.6) is 5.75 Å². The quantitative estimate of drug-likeness (QED) is 0.859. The summed E-state index contributed by atoms with van der Waals surface area (Å²) < 4.78 is 28.4. The molecule has 112 valence electrons. The molecule has 1 N–H and O–H groups in total. The molecule has 20 heavy (non-hydrogen) atoms. The summed E-state index contributed by atoms with van der Waals surface area (Å²) in [4.78, 5) is 4.32. The van der Waals surface area contributed by atoms with Crippen LogP contribution in [-0.2, 0) is 16.4 Å². The van der Waals surface area contributed by atoms with Gasteiger partial charge < -0.3 is 10.1 Å². The van der Waals surface area contributed by atoms with Crippen molar-refractivity contribution >= 4 is 9.84 Å². The van der Waals surface area contributed by atoms with Crippen molar-refractivity contribution in [2.75, 3.05) is 18.1 Å². The van der Waals surface area contributed by atoms with Crippen LogP contribution in [0, 0.1) is 5.92 Å². The lowest BCUT2D eigenvalue weighted by Crippen LogP contribution is -2.20. The molecule has 0 aliphatic carbocycles. The van der Waals surface area contributed by atoms with Crippen LogP contribution >= 0.6 is 0 Å². The maximum absolute atomic E-state index is 11.4. The number of hydrogen-bond acceptors (Lipinski definition) is 5. The van der Waals surface area contributed by atoms with Gasteiger partial charge in [-0.25, -0.2) is 8.42 Å². The van der Waals surface area contributed by atoms with Gasteiger partial charge in [0.1, 0.15) is 11.9 Å². The average molecular weight is 298 g/mol. The fourth-order valence-electron chi connectivity index (χ4n) is 2.12. The summed E-state index contributed by atoms with van der Waals surface area (Å²) in [6, 6.07) is 3.76.